The molecule has 16 heavy (non-hydrogen) atoms. The van der Waals surface area contributed by atoms with Gasteiger partial charge in [0.05, 0.1) is 9.48 Å². The second-order valence-electron chi connectivity index (χ2n) is 3.37. The third kappa shape index (κ3) is 3.16. The highest BCUT2D eigenvalue weighted by molar-refractivity contribution is 9.13. The van der Waals surface area contributed by atoms with Crippen LogP contribution in [0.4, 0.5) is 0 Å². The lowest BCUT2D eigenvalue weighted by molar-refractivity contribution is 0.388. The van der Waals surface area contributed by atoms with Crippen molar-refractivity contribution in [2.45, 2.75) is 20.0 Å². The van der Waals surface area contributed by atoms with Gasteiger partial charge in [-0.25, -0.2) is 0 Å². The van der Waals surface area contributed by atoms with Gasteiger partial charge in [-0.3, -0.25) is 0 Å². The van der Waals surface area contributed by atoms with Gasteiger partial charge in [0.25, 0.3) is 0 Å². The molecular formula is C10H10Br2N2OS. The molecule has 2 rings (SSSR count). The minimum absolute atomic E-state index is 0.727. The average Bonchev–Trinajstić information content (AvgIpc) is 2.75. The number of thiophene rings is 1. The number of hydrogen-bond donors (Lipinski definition) is 1. The molecule has 0 unspecified atom stereocenters. The lowest BCUT2D eigenvalue weighted by Gasteiger charge is -1.98. The van der Waals surface area contributed by atoms with Gasteiger partial charge in [-0.1, -0.05) is 5.16 Å². The zero-order valence-electron chi connectivity index (χ0n) is 8.59. The first-order chi connectivity index (χ1) is 7.65. The van der Waals surface area contributed by atoms with Gasteiger partial charge in [0, 0.05) is 28.5 Å². The van der Waals surface area contributed by atoms with Crippen molar-refractivity contribution < 1.29 is 4.52 Å². The van der Waals surface area contributed by atoms with E-state index in [-0.39, 0.29) is 0 Å². The fourth-order valence-corrected chi connectivity index (χ4v) is 3.44. The van der Waals surface area contributed by atoms with Crippen LogP contribution in [0.1, 0.15) is 16.3 Å². The van der Waals surface area contributed by atoms with E-state index in [0.717, 1.165) is 32.8 Å². The van der Waals surface area contributed by atoms with Gasteiger partial charge in [-0.2, -0.15) is 0 Å². The van der Waals surface area contributed by atoms with Crippen LogP contribution < -0.4 is 5.32 Å². The quantitative estimate of drug-likeness (QED) is 0.893. The number of nitrogens with one attached hydrogen (secondary N) is 1. The predicted molar refractivity (Wildman–Crippen MR) is 71.5 cm³/mol. The molecule has 0 aliphatic heterocycles. The molecular weight excluding hydrogens is 356 g/mol. The molecule has 0 fully saturated rings. The molecule has 86 valence electrons. The zero-order valence-corrected chi connectivity index (χ0v) is 12.6. The van der Waals surface area contributed by atoms with Gasteiger partial charge in [-0.05, 0) is 44.8 Å². The largest absolute Gasteiger partial charge is 0.361 e. The summed E-state index contributed by atoms with van der Waals surface area (Å²) in [6.45, 7) is 3.45. The lowest BCUT2D eigenvalue weighted by Crippen LogP contribution is -2.11. The van der Waals surface area contributed by atoms with Crippen LogP contribution in [0.3, 0.4) is 0 Å². The van der Waals surface area contributed by atoms with Crippen molar-refractivity contribution in [3.63, 3.8) is 0 Å². The van der Waals surface area contributed by atoms with E-state index in [2.05, 4.69) is 48.4 Å². The van der Waals surface area contributed by atoms with E-state index in [9.17, 15) is 0 Å². The third-order valence-electron chi connectivity index (χ3n) is 1.98. The fourth-order valence-electron chi connectivity index (χ4n) is 1.29. The van der Waals surface area contributed by atoms with Crippen molar-refractivity contribution >= 4 is 43.2 Å². The summed E-state index contributed by atoms with van der Waals surface area (Å²) in [4.78, 5) is 1.28. The van der Waals surface area contributed by atoms with E-state index in [1.807, 2.05) is 13.0 Å². The Kier molecular flexibility index (Phi) is 4.18. The van der Waals surface area contributed by atoms with Crippen molar-refractivity contribution in [1.82, 2.24) is 10.5 Å². The van der Waals surface area contributed by atoms with Crippen molar-refractivity contribution in [3.8, 4) is 0 Å². The second kappa shape index (κ2) is 5.44. The van der Waals surface area contributed by atoms with E-state index in [1.54, 1.807) is 11.3 Å². The standard InChI is InChI=1S/C10H10Br2N2OS/c1-6-2-7(14-15-6)4-13-5-8-3-9(11)10(12)16-8/h2-3,13H,4-5H2,1H3. The Morgan fingerprint density at radius 3 is 2.75 bits per heavy atom. The van der Waals surface area contributed by atoms with E-state index in [4.69, 9.17) is 4.52 Å². The number of nitrogens with zero attached hydrogens (tertiary/aromatic N) is 1. The van der Waals surface area contributed by atoms with Crippen LogP contribution in [0.2, 0.25) is 0 Å². The minimum atomic E-state index is 0.727. The molecule has 0 amide bonds. The molecule has 6 heteroatoms. The maximum atomic E-state index is 4.99. The van der Waals surface area contributed by atoms with E-state index < -0.39 is 0 Å². The highest BCUT2D eigenvalue weighted by Gasteiger charge is 2.04. The van der Waals surface area contributed by atoms with E-state index >= 15 is 0 Å². The number of halogens is 2. The predicted octanol–water partition coefficient (Wildman–Crippen LogP) is 3.86. The molecule has 2 aromatic rings. The molecule has 2 aromatic heterocycles. The van der Waals surface area contributed by atoms with Crippen LogP contribution >= 0.6 is 43.2 Å². The Morgan fingerprint density at radius 1 is 1.38 bits per heavy atom. The molecule has 2 heterocycles. The van der Waals surface area contributed by atoms with Crippen molar-refractivity contribution in [1.29, 1.82) is 0 Å². The normalized spacial score (nSPS) is 10.9. The fraction of sp³-hybridized carbons (Fsp3) is 0.300. The molecule has 0 radical (unpaired) electrons. The van der Waals surface area contributed by atoms with Crippen LogP contribution in [0.15, 0.2) is 24.9 Å². The smallest absolute Gasteiger partial charge is 0.133 e. The molecule has 0 spiro atoms. The topological polar surface area (TPSA) is 38.1 Å². The molecule has 1 N–H and O–H groups in total. The zero-order chi connectivity index (χ0) is 11.5. The van der Waals surface area contributed by atoms with Crippen molar-refractivity contribution in [2.75, 3.05) is 0 Å². The molecule has 0 aromatic carbocycles. The Hall–Kier alpha value is -0.170. The van der Waals surface area contributed by atoms with Gasteiger partial charge in [-0.15, -0.1) is 11.3 Å². The van der Waals surface area contributed by atoms with Crippen LogP contribution in [0.25, 0.3) is 0 Å². The molecule has 0 saturated carbocycles. The van der Waals surface area contributed by atoms with Crippen LogP contribution in [-0.4, -0.2) is 5.16 Å². The molecule has 0 saturated heterocycles. The Bertz CT molecular complexity index is 461. The molecule has 0 aliphatic rings. The third-order valence-corrected chi connectivity index (χ3v) is 5.23. The number of aryl methyl sites for hydroxylation is 1. The molecule has 0 atom stereocenters. The Balaban J connectivity index is 1.84. The minimum Gasteiger partial charge on any atom is -0.361 e. The first-order valence-corrected chi connectivity index (χ1v) is 7.12. The summed E-state index contributed by atoms with van der Waals surface area (Å²) in [5.74, 6) is 0.846. The Morgan fingerprint density at radius 2 is 2.19 bits per heavy atom. The first-order valence-electron chi connectivity index (χ1n) is 4.72. The van der Waals surface area contributed by atoms with Crippen LogP contribution in [0, 0.1) is 6.92 Å². The van der Waals surface area contributed by atoms with Crippen LogP contribution in [0.5, 0.6) is 0 Å². The second-order valence-corrected chi connectivity index (χ2v) is 6.68. The van der Waals surface area contributed by atoms with Gasteiger partial charge in [0.15, 0.2) is 0 Å². The summed E-state index contributed by atoms with van der Waals surface area (Å²) >= 11 is 8.66. The summed E-state index contributed by atoms with van der Waals surface area (Å²) in [6, 6.07) is 4.04. The number of aromatic nitrogens is 1. The first kappa shape index (κ1) is 12.3. The van der Waals surface area contributed by atoms with Crippen LogP contribution in [-0.2, 0) is 13.1 Å². The monoisotopic (exact) mass is 364 g/mol. The van der Waals surface area contributed by atoms with Gasteiger partial charge < -0.3 is 9.84 Å². The summed E-state index contributed by atoms with van der Waals surface area (Å²) in [6.07, 6.45) is 0. The van der Waals surface area contributed by atoms with Crippen molar-refractivity contribution in [2.24, 2.45) is 0 Å². The van der Waals surface area contributed by atoms with E-state index in [0.29, 0.717) is 0 Å². The average molecular weight is 366 g/mol. The highest BCUT2D eigenvalue weighted by Crippen LogP contribution is 2.32. The van der Waals surface area contributed by atoms with Gasteiger partial charge in [0.1, 0.15) is 5.76 Å². The Labute approximate surface area is 114 Å². The van der Waals surface area contributed by atoms with Gasteiger partial charge in [0.2, 0.25) is 0 Å². The van der Waals surface area contributed by atoms with Crippen molar-refractivity contribution in [3.05, 3.63) is 36.7 Å². The summed E-state index contributed by atoms with van der Waals surface area (Å²) in [5.41, 5.74) is 0.937. The maximum absolute atomic E-state index is 4.99. The number of hydrogen-bond acceptors (Lipinski definition) is 4. The molecule has 0 bridgehead atoms. The maximum Gasteiger partial charge on any atom is 0.133 e. The summed E-state index contributed by atoms with van der Waals surface area (Å²) in [7, 11) is 0. The highest BCUT2D eigenvalue weighted by atomic mass is 79.9. The summed E-state index contributed by atoms with van der Waals surface area (Å²) in [5, 5.41) is 7.24. The summed E-state index contributed by atoms with van der Waals surface area (Å²) < 4.78 is 7.22. The van der Waals surface area contributed by atoms with E-state index in [1.165, 1.54) is 4.88 Å². The van der Waals surface area contributed by atoms with Gasteiger partial charge >= 0.3 is 0 Å². The molecule has 3 nitrogen and oxygen atoms in total. The number of rotatable bonds is 4. The lowest BCUT2D eigenvalue weighted by atomic mass is 10.3. The SMILES string of the molecule is Cc1cc(CNCc2cc(Br)c(Br)s2)no1. The molecule has 0 aliphatic carbocycles.